The van der Waals surface area contributed by atoms with E-state index in [4.69, 9.17) is 4.74 Å². The Balaban J connectivity index is 1.63. The summed E-state index contributed by atoms with van der Waals surface area (Å²) in [5, 5.41) is 6.35. The fraction of sp³-hybridized carbons (Fsp3) is 0.368. The van der Waals surface area contributed by atoms with Gasteiger partial charge in [0.25, 0.3) is 5.91 Å². The van der Waals surface area contributed by atoms with Crippen molar-refractivity contribution in [3.63, 3.8) is 0 Å². The van der Waals surface area contributed by atoms with Gasteiger partial charge in [0.2, 0.25) is 0 Å². The number of benzene rings is 1. The molecule has 1 amide bonds. The maximum absolute atomic E-state index is 12.4. The fourth-order valence-electron chi connectivity index (χ4n) is 2.95. The van der Waals surface area contributed by atoms with E-state index in [1.54, 1.807) is 12.4 Å². The third-order valence-corrected chi connectivity index (χ3v) is 4.15. The van der Waals surface area contributed by atoms with Crippen molar-refractivity contribution in [3.8, 4) is 5.75 Å². The van der Waals surface area contributed by atoms with Gasteiger partial charge in [-0.25, -0.2) is 0 Å². The number of carbonyl (C=O) groups excluding carboxylic acids is 1. The lowest BCUT2D eigenvalue weighted by molar-refractivity contribution is 0.102. The highest BCUT2D eigenvalue weighted by molar-refractivity contribution is 6.04. The van der Waals surface area contributed by atoms with Crippen LogP contribution in [0.25, 0.3) is 0 Å². The predicted molar refractivity (Wildman–Crippen MR) is 95.7 cm³/mol. The summed E-state index contributed by atoms with van der Waals surface area (Å²) in [6.45, 7) is 2.56. The molecule has 1 aliphatic rings. The van der Waals surface area contributed by atoms with Crippen LogP contribution in [0.15, 0.2) is 42.7 Å². The lowest BCUT2D eigenvalue weighted by atomic mass is 10.2. The van der Waals surface area contributed by atoms with E-state index >= 15 is 0 Å². The highest BCUT2D eigenvalue weighted by Gasteiger charge is 2.15. The Labute approximate surface area is 142 Å². The number of nitrogens with one attached hydrogen (secondary N) is 2. The second-order valence-corrected chi connectivity index (χ2v) is 6.00. The van der Waals surface area contributed by atoms with Gasteiger partial charge in [0.15, 0.2) is 0 Å². The molecule has 24 heavy (non-hydrogen) atoms. The van der Waals surface area contributed by atoms with Gasteiger partial charge in [-0.05, 0) is 50.1 Å². The molecule has 2 N–H and O–H groups in total. The maximum atomic E-state index is 12.4. The number of nitrogens with zero attached hydrogens (tertiary/aromatic N) is 1. The lowest BCUT2D eigenvalue weighted by Crippen LogP contribution is -2.16. The SMILES string of the molecule is CCOc1ccc(NC(=O)c2cncc(NC3CCCC3)c2)cc1. The zero-order valence-electron chi connectivity index (χ0n) is 13.9. The van der Waals surface area contributed by atoms with E-state index in [0.29, 0.717) is 18.2 Å². The molecule has 1 fully saturated rings. The van der Waals surface area contributed by atoms with Crippen molar-refractivity contribution in [1.29, 1.82) is 0 Å². The predicted octanol–water partition coefficient (Wildman–Crippen LogP) is 4.09. The quantitative estimate of drug-likeness (QED) is 0.840. The second kappa shape index (κ2) is 7.81. The molecule has 5 heteroatoms. The Kier molecular flexibility index (Phi) is 5.31. The first-order valence-corrected chi connectivity index (χ1v) is 8.50. The number of ether oxygens (including phenoxy) is 1. The molecule has 1 aromatic carbocycles. The molecule has 1 aliphatic carbocycles. The molecule has 1 saturated carbocycles. The molecule has 1 aromatic heterocycles. The van der Waals surface area contributed by atoms with Crippen molar-refractivity contribution >= 4 is 17.3 Å². The summed E-state index contributed by atoms with van der Waals surface area (Å²) in [6, 6.07) is 9.70. The molecule has 0 spiro atoms. The Morgan fingerprint density at radius 2 is 1.92 bits per heavy atom. The normalized spacial score (nSPS) is 14.4. The maximum Gasteiger partial charge on any atom is 0.257 e. The first-order valence-electron chi connectivity index (χ1n) is 8.50. The molecule has 2 aromatic rings. The third kappa shape index (κ3) is 4.25. The van der Waals surface area contributed by atoms with Crippen LogP contribution in [0.5, 0.6) is 5.75 Å². The number of rotatable bonds is 6. The van der Waals surface area contributed by atoms with E-state index in [0.717, 1.165) is 17.1 Å². The summed E-state index contributed by atoms with van der Waals surface area (Å²) in [4.78, 5) is 16.6. The van der Waals surface area contributed by atoms with Gasteiger partial charge >= 0.3 is 0 Å². The average molecular weight is 325 g/mol. The van der Waals surface area contributed by atoms with Crippen molar-refractivity contribution in [2.45, 2.75) is 38.6 Å². The molecule has 0 aliphatic heterocycles. The van der Waals surface area contributed by atoms with Crippen molar-refractivity contribution in [3.05, 3.63) is 48.3 Å². The van der Waals surface area contributed by atoms with Crippen LogP contribution in [0.2, 0.25) is 0 Å². The number of amides is 1. The largest absolute Gasteiger partial charge is 0.494 e. The van der Waals surface area contributed by atoms with Crippen LogP contribution in [0.3, 0.4) is 0 Å². The number of aromatic nitrogens is 1. The van der Waals surface area contributed by atoms with Gasteiger partial charge in [0, 0.05) is 24.1 Å². The average Bonchev–Trinajstić information content (AvgIpc) is 3.10. The fourth-order valence-corrected chi connectivity index (χ4v) is 2.95. The van der Waals surface area contributed by atoms with E-state index in [1.165, 1.54) is 25.7 Å². The van der Waals surface area contributed by atoms with E-state index in [-0.39, 0.29) is 5.91 Å². The van der Waals surface area contributed by atoms with Crippen LogP contribution in [-0.4, -0.2) is 23.5 Å². The standard InChI is InChI=1S/C19H23N3O2/c1-2-24-18-9-7-16(8-10-18)22-19(23)14-11-17(13-20-12-14)21-15-5-3-4-6-15/h7-13,15,21H,2-6H2,1H3,(H,22,23). The van der Waals surface area contributed by atoms with Crippen LogP contribution in [-0.2, 0) is 0 Å². The van der Waals surface area contributed by atoms with Crippen LogP contribution < -0.4 is 15.4 Å². The summed E-state index contributed by atoms with van der Waals surface area (Å²) in [6.07, 6.45) is 8.26. The highest BCUT2D eigenvalue weighted by Crippen LogP contribution is 2.22. The molecule has 0 bridgehead atoms. The molecule has 0 radical (unpaired) electrons. The van der Waals surface area contributed by atoms with E-state index in [9.17, 15) is 4.79 Å². The molecule has 126 valence electrons. The Hall–Kier alpha value is -2.56. The van der Waals surface area contributed by atoms with Crippen molar-refractivity contribution in [2.75, 3.05) is 17.2 Å². The van der Waals surface area contributed by atoms with Gasteiger partial charge in [-0.1, -0.05) is 12.8 Å². The van der Waals surface area contributed by atoms with Crippen molar-refractivity contribution in [2.24, 2.45) is 0 Å². The molecular formula is C19H23N3O2. The van der Waals surface area contributed by atoms with Crippen LogP contribution in [0, 0.1) is 0 Å². The summed E-state index contributed by atoms with van der Waals surface area (Å²) in [7, 11) is 0. The van der Waals surface area contributed by atoms with Gasteiger partial charge < -0.3 is 15.4 Å². The van der Waals surface area contributed by atoms with E-state index < -0.39 is 0 Å². The summed E-state index contributed by atoms with van der Waals surface area (Å²) in [5.41, 5.74) is 2.19. The molecule has 0 atom stereocenters. The minimum Gasteiger partial charge on any atom is -0.494 e. The molecule has 3 rings (SSSR count). The topological polar surface area (TPSA) is 63.2 Å². The van der Waals surface area contributed by atoms with Gasteiger partial charge in [0.05, 0.1) is 17.9 Å². The van der Waals surface area contributed by atoms with Crippen LogP contribution in [0.4, 0.5) is 11.4 Å². The highest BCUT2D eigenvalue weighted by atomic mass is 16.5. The van der Waals surface area contributed by atoms with Gasteiger partial charge in [-0.3, -0.25) is 9.78 Å². The lowest BCUT2D eigenvalue weighted by Gasteiger charge is -2.14. The monoisotopic (exact) mass is 325 g/mol. The zero-order valence-corrected chi connectivity index (χ0v) is 13.9. The summed E-state index contributed by atoms with van der Waals surface area (Å²) >= 11 is 0. The molecule has 0 unspecified atom stereocenters. The van der Waals surface area contributed by atoms with Gasteiger partial charge in [-0.15, -0.1) is 0 Å². The first kappa shape index (κ1) is 16.3. The van der Waals surface area contributed by atoms with Crippen LogP contribution >= 0.6 is 0 Å². The Morgan fingerprint density at radius 3 is 2.62 bits per heavy atom. The minimum atomic E-state index is -0.165. The molecule has 5 nitrogen and oxygen atoms in total. The van der Waals surface area contributed by atoms with Crippen molar-refractivity contribution in [1.82, 2.24) is 4.98 Å². The molecule has 1 heterocycles. The van der Waals surface area contributed by atoms with Gasteiger partial charge in [0.1, 0.15) is 5.75 Å². The third-order valence-electron chi connectivity index (χ3n) is 4.15. The Morgan fingerprint density at radius 1 is 1.17 bits per heavy atom. The van der Waals surface area contributed by atoms with Crippen LogP contribution in [0.1, 0.15) is 43.0 Å². The minimum absolute atomic E-state index is 0.165. The number of anilines is 2. The van der Waals surface area contributed by atoms with E-state index in [2.05, 4.69) is 15.6 Å². The van der Waals surface area contributed by atoms with E-state index in [1.807, 2.05) is 37.3 Å². The zero-order chi connectivity index (χ0) is 16.8. The molecule has 0 saturated heterocycles. The number of hydrogen-bond donors (Lipinski definition) is 2. The summed E-state index contributed by atoms with van der Waals surface area (Å²) in [5.74, 6) is 0.627. The second-order valence-electron chi connectivity index (χ2n) is 6.00. The Bertz CT molecular complexity index is 679. The van der Waals surface area contributed by atoms with Gasteiger partial charge in [-0.2, -0.15) is 0 Å². The number of carbonyl (C=O) groups is 1. The smallest absolute Gasteiger partial charge is 0.257 e. The summed E-state index contributed by atoms with van der Waals surface area (Å²) < 4.78 is 5.40. The van der Waals surface area contributed by atoms with Crippen molar-refractivity contribution < 1.29 is 9.53 Å². The molecular weight excluding hydrogens is 302 g/mol. The number of hydrogen-bond acceptors (Lipinski definition) is 4. The first-order chi connectivity index (χ1) is 11.7. The number of pyridine rings is 1.